The van der Waals surface area contributed by atoms with Crippen molar-refractivity contribution in [2.45, 2.75) is 13.3 Å². The molecule has 3 aromatic rings. The van der Waals surface area contributed by atoms with Crippen LogP contribution < -0.4 is 14.4 Å². The third-order valence-corrected chi connectivity index (χ3v) is 4.92. The lowest BCUT2D eigenvalue weighted by molar-refractivity contribution is -0.870. The number of aryl methyl sites for hydroxylation is 1. The maximum atomic E-state index is 12.9. The van der Waals surface area contributed by atoms with E-state index in [1.165, 1.54) is 10.5 Å². The van der Waals surface area contributed by atoms with Crippen molar-refractivity contribution < 1.29 is 19.2 Å². The monoisotopic (exact) mass is 367 g/mol. The van der Waals surface area contributed by atoms with Crippen LogP contribution in [-0.2, 0) is 6.42 Å². The van der Waals surface area contributed by atoms with Gasteiger partial charge in [0.25, 0.3) is 0 Å². The van der Waals surface area contributed by atoms with E-state index in [9.17, 15) is 4.79 Å². The van der Waals surface area contributed by atoms with Crippen molar-refractivity contribution in [1.29, 1.82) is 0 Å². The molecule has 5 nitrogen and oxygen atoms in total. The number of benzene rings is 2. The van der Waals surface area contributed by atoms with Gasteiger partial charge in [-0.2, -0.15) is 0 Å². The molecule has 0 amide bonds. The summed E-state index contributed by atoms with van der Waals surface area (Å²) in [6.45, 7) is 3.30. The van der Waals surface area contributed by atoms with E-state index in [0.29, 0.717) is 6.54 Å². The minimum absolute atomic E-state index is 0.176. The summed E-state index contributed by atoms with van der Waals surface area (Å²) in [7, 11) is 5.33. The average molecular weight is 367 g/mol. The Morgan fingerprint density at radius 3 is 2.56 bits per heavy atom. The van der Waals surface area contributed by atoms with Crippen molar-refractivity contribution in [1.82, 2.24) is 4.98 Å². The smallest absolute Gasteiger partial charge is 0.219 e. The fourth-order valence-electron chi connectivity index (χ4n) is 3.48. The van der Waals surface area contributed by atoms with Crippen LogP contribution >= 0.6 is 0 Å². The van der Waals surface area contributed by atoms with E-state index in [0.717, 1.165) is 46.6 Å². The molecule has 2 aromatic carbocycles. The van der Waals surface area contributed by atoms with Crippen LogP contribution in [0.2, 0.25) is 0 Å². The van der Waals surface area contributed by atoms with E-state index in [2.05, 4.69) is 12.0 Å². The van der Waals surface area contributed by atoms with E-state index < -0.39 is 0 Å². The number of carbonyl (C=O) groups excluding carboxylic acids is 1. The fourth-order valence-corrected chi connectivity index (χ4v) is 3.48. The van der Waals surface area contributed by atoms with E-state index in [4.69, 9.17) is 9.47 Å². The molecule has 0 aliphatic rings. The highest BCUT2D eigenvalue weighted by molar-refractivity contribution is 6.09. The molecule has 142 valence electrons. The number of likely N-dealkylation sites (N-methyl/N-ethyl adjacent to an activating group) is 1. The molecule has 0 aliphatic heterocycles. The number of rotatable bonds is 8. The number of ether oxygens (including phenoxy) is 2. The zero-order valence-corrected chi connectivity index (χ0v) is 16.4. The topological polar surface area (TPSA) is 55.8 Å². The summed E-state index contributed by atoms with van der Waals surface area (Å²) in [6.07, 6.45) is 0.867. The van der Waals surface area contributed by atoms with Crippen LogP contribution in [0.3, 0.4) is 0 Å². The van der Waals surface area contributed by atoms with Gasteiger partial charge >= 0.3 is 0 Å². The molecular weight excluding hydrogens is 340 g/mol. The molecule has 0 bridgehead atoms. The Labute approximate surface area is 159 Å². The molecular formula is C22H27N2O3+. The number of ketones is 1. The van der Waals surface area contributed by atoms with Crippen molar-refractivity contribution in [3.63, 3.8) is 0 Å². The van der Waals surface area contributed by atoms with E-state index >= 15 is 0 Å². The minimum Gasteiger partial charge on any atom is -0.493 e. The Balaban J connectivity index is 1.64. The highest BCUT2D eigenvalue weighted by atomic mass is 16.5. The van der Waals surface area contributed by atoms with Gasteiger partial charge < -0.3 is 19.4 Å². The van der Waals surface area contributed by atoms with Crippen molar-refractivity contribution in [3.8, 4) is 11.5 Å². The Morgan fingerprint density at radius 2 is 1.81 bits per heavy atom. The normalized spacial score (nSPS) is 12.1. The van der Waals surface area contributed by atoms with Crippen molar-refractivity contribution in [2.24, 2.45) is 0 Å². The maximum absolute atomic E-state index is 12.9. The second kappa shape index (κ2) is 8.27. The van der Waals surface area contributed by atoms with Gasteiger partial charge in [0, 0.05) is 23.0 Å². The van der Waals surface area contributed by atoms with Gasteiger partial charge in [-0.3, -0.25) is 4.79 Å². The molecule has 0 radical (unpaired) electrons. The van der Waals surface area contributed by atoms with Crippen LogP contribution in [0.25, 0.3) is 10.9 Å². The first-order valence-corrected chi connectivity index (χ1v) is 9.16. The summed E-state index contributed by atoms with van der Waals surface area (Å²) in [4.78, 5) is 17.4. The van der Waals surface area contributed by atoms with Crippen LogP contribution in [0.4, 0.5) is 0 Å². The number of para-hydroxylation sites is 1. The molecule has 27 heavy (non-hydrogen) atoms. The number of carbonyl (C=O) groups is 1. The van der Waals surface area contributed by atoms with Gasteiger partial charge in [0.1, 0.15) is 6.54 Å². The highest BCUT2D eigenvalue weighted by Crippen LogP contribution is 2.27. The molecule has 2 N–H and O–H groups in total. The number of hydrogen-bond donors (Lipinski definition) is 2. The quantitative estimate of drug-likeness (QED) is 0.601. The molecule has 0 aliphatic carbocycles. The van der Waals surface area contributed by atoms with Gasteiger partial charge in [0.15, 0.2) is 11.5 Å². The largest absolute Gasteiger partial charge is 0.493 e. The van der Waals surface area contributed by atoms with E-state index in [1.807, 2.05) is 49.4 Å². The van der Waals surface area contributed by atoms with E-state index in [-0.39, 0.29) is 5.78 Å². The Kier molecular flexibility index (Phi) is 5.81. The average Bonchev–Trinajstić information content (AvgIpc) is 3.01. The molecule has 1 heterocycles. The van der Waals surface area contributed by atoms with Crippen LogP contribution in [0.5, 0.6) is 11.5 Å². The van der Waals surface area contributed by atoms with E-state index in [1.54, 1.807) is 14.2 Å². The molecule has 1 atom stereocenters. The lowest BCUT2D eigenvalue weighted by Gasteiger charge is -2.14. The van der Waals surface area contributed by atoms with Crippen LogP contribution in [-0.4, -0.2) is 45.1 Å². The van der Waals surface area contributed by atoms with Gasteiger partial charge in [0.05, 0.1) is 33.4 Å². The number of aromatic amines is 1. The number of hydrogen-bond acceptors (Lipinski definition) is 3. The maximum Gasteiger partial charge on any atom is 0.219 e. The number of Topliss-reactive ketones (excluding diaryl/α,β-unsaturated/α-hetero) is 1. The SMILES string of the molecule is COc1ccc(CC[NH+](C)CC(=O)c2c(C)[nH]c3ccccc23)cc1OC. The first kappa shape index (κ1) is 19.0. The summed E-state index contributed by atoms with van der Waals surface area (Å²) >= 11 is 0. The van der Waals surface area contributed by atoms with Gasteiger partial charge in [-0.05, 0) is 30.7 Å². The number of nitrogens with one attached hydrogen (secondary N) is 2. The van der Waals surface area contributed by atoms with Crippen molar-refractivity contribution in [2.75, 3.05) is 34.4 Å². The number of H-pyrrole nitrogens is 1. The van der Waals surface area contributed by atoms with Gasteiger partial charge in [-0.15, -0.1) is 0 Å². The Morgan fingerprint density at radius 1 is 1.07 bits per heavy atom. The standard InChI is InChI=1S/C22H26N2O3/c1-15-22(17-7-5-6-8-18(17)23-15)19(25)14-24(2)12-11-16-9-10-20(26-3)21(13-16)27-4/h5-10,13,23H,11-12,14H2,1-4H3/p+1. The Bertz CT molecular complexity index is 946. The Hall–Kier alpha value is -2.79. The summed E-state index contributed by atoms with van der Waals surface area (Å²) in [5.74, 6) is 1.64. The summed E-state index contributed by atoms with van der Waals surface area (Å²) in [5.41, 5.74) is 3.94. The third kappa shape index (κ3) is 4.14. The molecule has 1 unspecified atom stereocenters. The number of aromatic nitrogens is 1. The summed E-state index contributed by atoms with van der Waals surface area (Å²) in [6, 6.07) is 13.9. The summed E-state index contributed by atoms with van der Waals surface area (Å²) in [5, 5.41) is 1.01. The first-order chi connectivity index (χ1) is 13.0. The molecule has 0 spiro atoms. The lowest BCUT2D eigenvalue weighted by Crippen LogP contribution is -3.10. The molecule has 0 saturated heterocycles. The zero-order valence-electron chi connectivity index (χ0n) is 16.4. The molecule has 0 saturated carbocycles. The van der Waals surface area contributed by atoms with Crippen molar-refractivity contribution >= 4 is 16.7 Å². The third-order valence-electron chi connectivity index (χ3n) is 4.92. The minimum atomic E-state index is 0.176. The molecule has 3 rings (SSSR count). The predicted molar refractivity (Wildman–Crippen MR) is 107 cm³/mol. The van der Waals surface area contributed by atoms with Gasteiger partial charge in [-0.1, -0.05) is 24.3 Å². The lowest BCUT2D eigenvalue weighted by atomic mass is 10.1. The van der Waals surface area contributed by atoms with Gasteiger partial charge in [-0.25, -0.2) is 0 Å². The predicted octanol–water partition coefficient (Wildman–Crippen LogP) is 2.43. The van der Waals surface area contributed by atoms with Gasteiger partial charge in [0.2, 0.25) is 5.78 Å². The number of fused-ring (bicyclic) bond motifs is 1. The van der Waals surface area contributed by atoms with Crippen molar-refractivity contribution in [3.05, 3.63) is 59.3 Å². The van der Waals surface area contributed by atoms with Crippen LogP contribution in [0, 0.1) is 6.92 Å². The zero-order chi connectivity index (χ0) is 19.4. The fraction of sp³-hybridized carbons (Fsp3) is 0.318. The number of methoxy groups -OCH3 is 2. The summed E-state index contributed by atoms with van der Waals surface area (Å²) < 4.78 is 10.6. The number of quaternary nitrogens is 1. The second-order valence-electron chi connectivity index (χ2n) is 6.92. The first-order valence-electron chi connectivity index (χ1n) is 9.16. The van der Waals surface area contributed by atoms with Crippen LogP contribution in [0.15, 0.2) is 42.5 Å². The molecule has 5 heteroatoms. The van der Waals surface area contributed by atoms with Crippen LogP contribution in [0.1, 0.15) is 21.6 Å². The molecule has 1 aromatic heterocycles. The second-order valence-corrected chi connectivity index (χ2v) is 6.92. The highest BCUT2D eigenvalue weighted by Gasteiger charge is 2.19. The molecule has 0 fully saturated rings.